The van der Waals surface area contributed by atoms with Crippen LogP contribution in [0.15, 0.2) is 0 Å². The molecule has 0 aromatic rings. The maximum atomic E-state index is 11.9. The molecule has 1 atom stereocenters. The van der Waals surface area contributed by atoms with Crippen LogP contribution in [0.3, 0.4) is 0 Å². The Bertz CT molecular complexity index is 272. The third-order valence-electron chi connectivity index (χ3n) is 3.23. The molecule has 0 aliphatic heterocycles. The molecule has 15 heavy (non-hydrogen) atoms. The number of hydrogen-bond acceptors (Lipinski definition) is 2. The van der Waals surface area contributed by atoms with E-state index < -0.39 is 5.92 Å². The van der Waals surface area contributed by atoms with Gasteiger partial charge in [-0.25, -0.2) is 0 Å². The third-order valence-corrected chi connectivity index (χ3v) is 3.23. The van der Waals surface area contributed by atoms with Crippen LogP contribution in [0.2, 0.25) is 0 Å². The molecule has 0 heterocycles. The quantitative estimate of drug-likeness (QED) is 0.688. The Balaban J connectivity index is 1.89. The van der Waals surface area contributed by atoms with Crippen LogP contribution >= 0.6 is 0 Å². The molecule has 2 fully saturated rings. The van der Waals surface area contributed by atoms with Gasteiger partial charge in [-0.1, -0.05) is 0 Å². The van der Waals surface area contributed by atoms with Gasteiger partial charge >= 0.3 is 0 Å². The van der Waals surface area contributed by atoms with Crippen molar-refractivity contribution < 1.29 is 4.79 Å². The summed E-state index contributed by atoms with van der Waals surface area (Å²) in [6, 6.07) is 2.04. The summed E-state index contributed by atoms with van der Waals surface area (Å²) in [4.78, 5) is 13.8. The fraction of sp³-hybridized carbons (Fsp3) is 0.833. The van der Waals surface area contributed by atoms with Crippen LogP contribution in [-0.2, 0) is 4.79 Å². The molecule has 0 N–H and O–H groups in total. The highest BCUT2D eigenvalue weighted by molar-refractivity contribution is 5.80. The predicted molar refractivity (Wildman–Crippen MR) is 56.8 cm³/mol. The highest BCUT2D eigenvalue weighted by Gasteiger charge is 2.32. The SMILES string of the molecule is CC(C#N)C(=O)N(CC1CC1)CC1CC1. The topological polar surface area (TPSA) is 44.1 Å². The molecule has 0 radical (unpaired) electrons. The lowest BCUT2D eigenvalue weighted by molar-refractivity contribution is -0.133. The first-order valence-electron chi connectivity index (χ1n) is 5.89. The highest BCUT2D eigenvalue weighted by atomic mass is 16.2. The summed E-state index contributed by atoms with van der Waals surface area (Å²) < 4.78 is 0. The zero-order chi connectivity index (χ0) is 10.8. The fourth-order valence-electron chi connectivity index (χ4n) is 1.81. The maximum absolute atomic E-state index is 11.9. The number of carbonyl (C=O) groups excluding carboxylic acids is 1. The second kappa shape index (κ2) is 4.22. The van der Waals surface area contributed by atoms with Crippen LogP contribution in [0.1, 0.15) is 32.6 Å². The van der Waals surface area contributed by atoms with Gasteiger partial charge < -0.3 is 4.90 Å². The van der Waals surface area contributed by atoms with Crippen LogP contribution in [0.4, 0.5) is 0 Å². The zero-order valence-corrected chi connectivity index (χ0v) is 9.28. The summed E-state index contributed by atoms with van der Waals surface area (Å²) in [5, 5.41) is 8.76. The van der Waals surface area contributed by atoms with Gasteiger partial charge in [0.1, 0.15) is 5.92 Å². The molecular formula is C12H18N2O. The summed E-state index contributed by atoms with van der Waals surface area (Å²) >= 11 is 0. The molecule has 1 unspecified atom stereocenters. The molecular weight excluding hydrogens is 188 g/mol. The lowest BCUT2D eigenvalue weighted by Gasteiger charge is -2.23. The molecule has 82 valence electrons. The van der Waals surface area contributed by atoms with Crippen molar-refractivity contribution in [1.29, 1.82) is 5.26 Å². The normalized spacial score (nSPS) is 21.9. The molecule has 0 spiro atoms. The smallest absolute Gasteiger partial charge is 0.239 e. The number of amides is 1. The second-order valence-corrected chi connectivity index (χ2v) is 4.98. The van der Waals surface area contributed by atoms with Gasteiger partial charge in [-0.3, -0.25) is 4.79 Å². The largest absolute Gasteiger partial charge is 0.341 e. The van der Waals surface area contributed by atoms with Crippen molar-refractivity contribution in [3.8, 4) is 6.07 Å². The van der Waals surface area contributed by atoms with Crippen molar-refractivity contribution in [2.75, 3.05) is 13.1 Å². The molecule has 2 aliphatic carbocycles. The van der Waals surface area contributed by atoms with Gasteiger partial charge in [0.15, 0.2) is 0 Å². The number of nitriles is 1. The van der Waals surface area contributed by atoms with Gasteiger partial charge in [-0.2, -0.15) is 5.26 Å². The van der Waals surface area contributed by atoms with Crippen LogP contribution < -0.4 is 0 Å². The van der Waals surface area contributed by atoms with E-state index in [-0.39, 0.29) is 5.91 Å². The van der Waals surface area contributed by atoms with Gasteiger partial charge in [0, 0.05) is 13.1 Å². The monoisotopic (exact) mass is 206 g/mol. The average Bonchev–Trinajstić information content (AvgIpc) is 3.08. The Morgan fingerprint density at radius 2 is 1.80 bits per heavy atom. The molecule has 3 heteroatoms. The molecule has 0 bridgehead atoms. The summed E-state index contributed by atoms with van der Waals surface area (Å²) in [6.07, 6.45) is 5.04. The van der Waals surface area contributed by atoms with Crippen molar-refractivity contribution in [3.63, 3.8) is 0 Å². The minimum Gasteiger partial charge on any atom is -0.341 e. The average molecular weight is 206 g/mol. The number of rotatable bonds is 5. The lowest BCUT2D eigenvalue weighted by atomic mass is 10.1. The highest BCUT2D eigenvalue weighted by Crippen LogP contribution is 2.34. The first kappa shape index (κ1) is 10.5. The van der Waals surface area contributed by atoms with Crippen LogP contribution in [0, 0.1) is 29.1 Å². The van der Waals surface area contributed by atoms with E-state index in [1.54, 1.807) is 6.92 Å². The molecule has 0 aromatic carbocycles. The molecule has 0 aromatic heterocycles. The van der Waals surface area contributed by atoms with Crippen LogP contribution in [0.5, 0.6) is 0 Å². The Labute approximate surface area is 91.1 Å². The lowest BCUT2D eigenvalue weighted by Crippen LogP contribution is -2.37. The summed E-state index contributed by atoms with van der Waals surface area (Å²) in [5.74, 6) is 1.01. The number of nitrogens with zero attached hydrogens (tertiary/aromatic N) is 2. The van der Waals surface area contributed by atoms with E-state index in [0.717, 1.165) is 24.9 Å². The molecule has 1 amide bonds. The Kier molecular flexibility index (Phi) is 2.95. The van der Waals surface area contributed by atoms with Crippen molar-refractivity contribution >= 4 is 5.91 Å². The van der Waals surface area contributed by atoms with Crippen molar-refractivity contribution in [3.05, 3.63) is 0 Å². The Morgan fingerprint density at radius 1 is 1.33 bits per heavy atom. The van der Waals surface area contributed by atoms with Gasteiger partial charge in [0.05, 0.1) is 6.07 Å². The van der Waals surface area contributed by atoms with E-state index in [9.17, 15) is 4.79 Å². The van der Waals surface area contributed by atoms with E-state index in [0.29, 0.717) is 0 Å². The molecule has 2 saturated carbocycles. The molecule has 0 saturated heterocycles. The van der Waals surface area contributed by atoms with E-state index in [2.05, 4.69) is 0 Å². The third kappa shape index (κ3) is 2.95. The summed E-state index contributed by atoms with van der Waals surface area (Å²) in [7, 11) is 0. The second-order valence-electron chi connectivity index (χ2n) is 4.98. The van der Waals surface area contributed by atoms with Gasteiger partial charge in [0.2, 0.25) is 5.91 Å². The van der Waals surface area contributed by atoms with Gasteiger partial charge in [-0.15, -0.1) is 0 Å². The first-order valence-corrected chi connectivity index (χ1v) is 5.89. The number of carbonyl (C=O) groups is 1. The van der Waals surface area contributed by atoms with Crippen molar-refractivity contribution in [1.82, 2.24) is 4.90 Å². The first-order chi connectivity index (χ1) is 7.20. The van der Waals surface area contributed by atoms with E-state index in [1.165, 1.54) is 25.7 Å². The molecule has 2 aliphatic rings. The molecule has 2 rings (SSSR count). The standard InChI is InChI=1S/C12H18N2O/c1-9(6-13)12(15)14(7-10-2-3-10)8-11-4-5-11/h9-11H,2-5,7-8H2,1H3. The summed E-state index contributed by atoms with van der Waals surface area (Å²) in [5.41, 5.74) is 0. The minimum absolute atomic E-state index is 0.0382. The van der Waals surface area contributed by atoms with Crippen molar-refractivity contribution in [2.45, 2.75) is 32.6 Å². The zero-order valence-electron chi connectivity index (χ0n) is 9.28. The minimum atomic E-state index is -0.470. The van der Waals surface area contributed by atoms with E-state index in [1.807, 2.05) is 11.0 Å². The fourth-order valence-corrected chi connectivity index (χ4v) is 1.81. The van der Waals surface area contributed by atoms with Gasteiger partial charge in [-0.05, 0) is 44.4 Å². The Morgan fingerprint density at radius 3 is 2.13 bits per heavy atom. The Hall–Kier alpha value is -1.04. The maximum Gasteiger partial charge on any atom is 0.239 e. The molecule has 3 nitrogen and oxygen atoms in total. The van der Waals surface area contributed by atoms with E-state index in [4.69, 9.17) is 5.26 Å². The summed E-state index contributed by atoms with van der Waals surface area (Å²) in [6.45, 7) is 3.48. The van der Waals surface area contributed by atoms with Crippen LogP contribution in [0.25, 0.3) is 0 Å². The van der Waals surface area contributed by atoms with E-state index >= 15 is 0 Å². The van der Waals surface area contributed by atoms with Crippen LogP contribution in [-0.4, -0.2) is 23.9 Å². The van der Waals surface area contributed by atoms with Crippen molar-refractivity contribution in [2.24, 2.45) is 17.8 Å². The number of hydrogen-bond donors (Lipinski definition) is 0. The van der Waals surface area contributed by atoms with Gasteiger partial charge in [0.25, 0.3) is 0 Å². The predicted octanol–water partition coefficient (Wildman–Crippen LogP) is 1.79.